The molecule has 1 aromatic carbocycles. The average Bonchev–Trinajstić information content (AvgIpc) is 2.69. The van der Waals surface area contributed by atoms with Gasteiger partial charge in [-0.2, -0.15) is 13.2 Å². The molecule has 0 N–H and O–H groups in total. The van der Waals surface area contributed by atoms with Gasteiger partial charge in [0.15, 0.2) is 5.78 Å². The van der Waals surface area contributed by atoms with Crippen molar-refractivity contribution in [3.05, 3.63) is 56.2 Å². The quantitative estimate of drug-likeness (QED) is 0.715. The van der Waals surface area contributed by atoms with Crippen molar-refractivity contribution in [3.8, 4) is 0 Å². The maximum Gasteiger partial charge on any atom is 0.416 e. The van der Waals surface area contributed by atoms with E-state index in [2.05, 4.69) is 0 Å². The standard InChI is InChI=1S/C14H10ClF3OS/c1-8-7-20-13(12(8)15)11(19)6-9-3-2-4-10(5-9)14(16,17)18/h2-5,7H,6H2,1H3. The number of hydrogen-bond acceptors (Lipinski definition) is 2. The number of aryl methyl sites for hydroxylation is 1. The molecule has 1 heterocycles. The number of halogens is 4. The van der Waals surface area contributed by atoms with E-state index in [1.54, 1.807) is 12.3 Å². The van der Waals surface area contributed by atoms with Gasteiger partial charge in [-0.3, -0.25) is 4.79 Å². The van der Waals surface area contributed by atoms with Crippen LogP contribution in [0.2, 0.25) is 5.02 Å². The molecule has 0 unspecified atom stereocenters. The van der Waals surface area contributed by atoms with Crippen LogP contribution < -0.4 is 0 Å². The second-order valence-corrected chi connectivity index (χ2v) is 5.62. The monoisotopic (exact) mass is 318 g/mol. The number of rotatable bonds is 3. The Labute approximate surface area is 123 Å². The smallest absolute Gasteiger partial charge is 0.293 e. The Hall–Kier alpha value is -1.33. The highest BCUT2D eigenvalue weighted by molar-refractivity contribution is 7.13. The van der Waals surface area contributed by atoms with Crippen molar-refractivity contribution in [1.29, 1.82) is 0 Å². The van der Waals surface area contributed by atoms with Crippen molar-refractivity contribution in [2.45, 2.75) is 19.5 Å². The van der Waals surface area contributed by atoms with Crippen molar-refractivity contribution in [3.63, 3.8) is 0 Å². The fraction of sp³-hybridized carbons (Fsp3) is 0.214. The summed E-state index contributed by atoms with van der Waals surface area (Å²) in [5, 5.41) is 2.13. The first-order chi connectivity index (χ1) is 9.29. The van der Waals surface area contributed by atoms with Crippen molar-refractivity contribution in [1.82, 2.24) is 0 Å². The van der Waals surface area contributed by atoms with E-state index in [-0.39, 0.29) is 12.2 Å². The molecule has 2 aromatic rings. The molecule has 2 rings (SSSR count). The first kappa shape index (κ1) is 15.1. The summed E-state index contributed by atoms with van der Waals surface area (Å²) in [6.45, 7) is 1.78. The Balaban J connectivity index is 2.22. The average molecular weight is 319 g/mol. The zero-order chi connectivity index (χ0) is 14.9. The van der Waals surface area contributed by atoms with Crippen LogP contribution >= 0.6 is 22.9 Å². The van der Waals surface area contributed by atoms with Crippen LogP contribution in [0.5, 0.6) is 0 Å². The third kappa shape index (κ3) is 3.22. The molecule has 0 amide bonds. The van der Waals surface area contributed by atoms with Crippen LogP contribution in [0.25, 0.3) is 0 Å². The normalized spacial score (nSPS) is 11.7. The number of alkyl halides is 3. The van der Waals surface area contributed by atoms with Crippen LogP contribution in [-0.2, 0) is 12.6 Å². The van der Waals surface area contributed by atoms with Crippen LogP contribution in [0.4, 0.5) is 13.2 Å². The molecule has 0 radical (unpaired) electrons. The Bertz CT molecular complexity index is 646. The van der Waals surface area contributed by atoms with E-state index in [0.29, 0.717) is 15.5 Å². The highest BCUT2D eigenvalue weighted by Gasteiger charge is 2.30. The van der Waals surface area contributed by atoms with Gasteiger partial charge in [0.1, 0.15) is 0 Å². The molecule has 20 heavy (non-hydrogen) atoms. The molecule has 0 fully saturated rings. The van der Waals surface area contributed by atoms with Crippen LogP contribution in [0.1, 0.15) is 26.4 Å². The summed E-state index contributed by atoms with van der Waals surface area (Å²) in [5.74, 6) is -0.271. The fourth-order valence-corrected chi connectivity index (χ4v) is 2.98. The van der Waals surface area contributed by atoms with Gasteiger partial charge in [0.05, 0.1) is 15.5 Å². The van der Waals surface area contributed by atoms with Gasteiger partial charge in [-0.1, -0.05) is 29.8 Å². The Morgan fingerprint density at radius 2 is 2.05 bits per heavy atom. The Morgan fingerprint density at radius 1 is 1.35 bits per heavy atom. The summed E-state index contributed by atoms with van der Waals surface area (Å²) >= 11 is 7.19. The molecule has 0 aliphatic rings. The molecule has 6 heteroatoms. The van der Waals surface area contributed by atoms with Gasteiger partial charge in [-0.15, -0.1) is 11.3 Å². The molecule has 0 bridgehead atoms. The molecule has 106 valence electrons. The molecular formula is C14H10ClF3OS. The minimum absolute atomic E-state index is 0.0937. The molecule has 1 aromatic heterocycles. The van der Waals surface area contributed by atoms with E-state index in [4.69, 9.17) is 11.6 Å². The van der Waals surface area contributed by atoms with Crippen LogP contribution in [-0.4, -0.2) is 5.78 Å². The fourth-order valence-electron chi connectivity index (χ4n) is 1.74. The van der Waals surface area contributed by atoms with Crippen LogP contribution in [0, 0.1) is 6.92 Å². The third-order valence-electron chi connectivity index (χ3n) is 2.77. The maximum absolute atomic E-state index is 12.6. The number of hydrogen-bond donors (Lipinski definition) is 0. The van der Waals surface area contributed by atoms with Gasteiger partial charge in [-0.25, -0.2) is 0 Å². The van der Waals surface area contributed by atoms with Crippen LogP contribution in [0.3, 0.4) is 0 Å². The molecule has 0 saturated carbocycles. The van der Waals surface area contributed by atoms with Gasteiger partial charge >= 0.3 is 6.18 Å². The largest absolute Gasteiger partial charge is 0.416 e. The van der Waals surface area contributed by atoms with Crippen molar-refractivity contribution < 1.29 is 18.0 Å². The molecular weight excluding hydrogens is 309 g/mol. The van der Waals surface area contributed by atoms with Gasteiger partial charge in [0.2, 0.25) is 0 Å². The molecule has 1 nitrogen and oxygen atoms in total. The van der Waals surface area contributed by atoms with Crippen molar-refractivity contribution in [2.24, 2.45) is 0 Å². The summed E-state index contributed by atoms with van der Waals surface area (Å²) in [6, 6.07) is 4.77. The minimum atomic E-state index is -4.41. The van der Waals surface area contributed by atoms with E-state index in [0.717, 1.165) is 17.7 Å². The second-order valence-electron chi connectivity index (χ2n) is 4.36. The van der Waals surface area contributed by atoms with Gasteiger partial charge in [0, 0.05) is 6.42 Å². The molecule has 0 atom stereocenters. The number of thiophene rings is 1. The lowest BCUT2D eigenvalue weighted by Gasteiger charge is -2.08. The lowest BCUT2D eigenvalue weighted by Crippen LogP contribution is -2.07. The summed E-state index contributed by atoms with van der Waals surface area (Å²) in [5.41, 5.74) is 0.368. The molecule has 0 spiro atoms. The number of Topliss-reactive ketones (excluding diaryl/α,β-unsaturated/α-hetero) is 1. The van der Waals surface area contributed by atoms with Crippen molar-refractivity contribution >= 4 is 28.7 Å². The van der Waals surface area contributed by atoms with Crippen molar-refractivity contribution in [2.75, 3.05) is 0 Å². The molecule has 0 saturated heterocycles. The van der Waals surface area contributed by atoms with Crippen LogP contribution in [0.15, 0.2) is 29.6 Å². The van der Waals surface area contributed by atoms with E-state index in [1.165, 1.54) is 23.5 Å². The highest BCUT2D eigenvalue weighted by Crippen LogP contribution is 2.31. The lowest BCUT2D eigenvalue weighted by atomic mass is 10.0. The van der Waals surface area contributed by atoms with Gasteiger partial charge < -0.3 is 0 Å². The van der Waals surface area contributed by atoms with E-state index in [1.807, 2.05) is 0 Å². The highest BCUT2D eigenvalue weighted by atomic mass is 35.5. The number of ketones is 1. The second kappa shape index (κ2) is 5.58. The summed E-state index contributed by atoms with van der Waals surface area (Å²) in [6.07, 6.45) is -4.50. The predicted octanol–water partition coefficient (Wildman–Crippen LogP) is 5.15. The topological polar surface area (TPSA) is 17.1 Å². The number of carbonyl (C=O) groups excluding carboxylic acids is 1. The molecule has 0 aliphatic carbocycles. The summed E-state index contributed by atoms with van der Waals surface area (Å²) in [7, 11) is 0. The van der Waals surface area contributed by atoms with E-state index >= 15 is 0 Å². The maximum atomic E-state index is 12.6. The summed E-state index contributed by atoms with van der Waals surface area (Å²) in [4.78, 5) is 12.4. The molecule has 0 aliphatic heterocycles. The Kier molecular flexibility index (Phi) is 4.20. The van der Waals surface area contributed by atoms with Gasteiger partial charge in [-0.05, 0) is 29.5 Å². The Morgan fingerprint density at radius 3 is 2.60 bits per heavy atom. The first-order valence-electron chi connectivity index (χ1n) is 5.72. The van der Waals surface area contributed by atoms with E-state index in [9.17, 15) is 18.0 Å². The van der Waals surface area contributed by atoms with E-state index < -0.39 is 11.7 Å². The number of carbonyl (C=O) groups is 1. The lowest BCUT2D eigenvalue weighted by molar-refractivity contribution is -0.137. The summed E-state index contributed by atoms with van der Waals surface area (Å²) < 4.78 is 37.8. The minimum Gasteiger partial charge on any atom is -0.293 e. The third-order valence-corrected chi connectivity index (χ3v) is 4.51. The first-order valence-corrected chi connectivity index (χ1v) is 6.97. The SMILES string of the molecule is Cc1csc(C(=O)Cc2cccc(C(F)(F)F)c2)c1Cl. The van der Waals surface area contributed by atoms with Gasteiger partial charge in [0.25, 0.3) is 0 Å². The zero-order valence-corrected chi connectivity index (χ0v) is 12.0. The number of benzene rings is 1. The predicted molar refractivity (Wildman–Crippen MR) is 73.5 cm³/mol. The zero-order valence-electron chi connectivity index (χ0n) is 10.4.